The first kappa shape index (κ1) is 8.53. The van der Waals surface area contributed by atoms with Gasteiger partial charge in [-0.1, -0.05) is 6.07 Å². The maximum absolute atomic E-state index is 8.94. The largest absolute Gasteiger partial charge is 0.493 e. The van der Waals surface area contributed by atoms with Gasteiger partial charge in [-0.3, -0.25) is 0 Å². The molecule has 1 aliphatic rings. The van der Waals surface area contributed by atoms with E-state index in [1.807, 2.05) is 18.2 Å². The zero-order valence-electron chi connectivity index (χ0n) is 7.36. The molecule has 0 saturated carbocycles. The first-order valence-electron chi connectivity index (χ1n) is 4.43. The standard InChI is InChI=1S/C10H13NO2/c11-9-3-4-13-10-2-1-7(6-12)5-8(9)10/h1-2,5,9,12H,3-4,6,11H2/t9-/m0/s1. The van der Waals surface area contributed by atoms with Crippen molar-refractivity contribution >= 4 is 0 Å². The molecule has 70 valence electrons. The number of benzene rings is 1. The van der Waals surface area contributed by atoms with Crippen LogP contribution in [-0.2, 0) is 6.61 Å². The second kappa shape index (κ2) is 3.36. The smallest absolute Gasteiger partial charge is 0.124 e. The van der Waals surface area contributed by atoms with Crippen LogP contribution >= 0.6 is 0 Å². The molecule has 13 heavy (non-hydrogen) atoms. The lowest BCUT2D eigenvalue weighted by Crippen LogP contribution is -2.20. The van der Waals surface area contributed by atoms with E-state index in [0.717, 1.165) is 23.3 Å². The summed E-state index contributed by atoms with van der Waals surface area (Å²) in [5.41, 5.74) is 7.81. The Hall–Kier alpha value is -1.06. The van der Waals surface area contributed by atoms with Gasteiger partial charge in [0.1, 0.15) is 5.75 Å². The molecule has 0 amide bonds. The zero-order valence-corrected chi connectivity index (χ0v) is 7.36. The number of aliphatic hydroxyl groups excluding tert-OH is 1. The third-order valence-electron chi connectivity index (χ3n) is 2.34. The maximum Gasteiger partial charge on any atom is 0.124 e. The van der Waals surface area contributed by atoms with Gasteiger partial charge in [-0.15, -0.1) is 0 Å². The van der Waals surface area contributed by atoms with Crippen molar-refractivity contribution in [2.24, 2.45) is 5.73 Å². The Bertz CT molecular complexity index is 312. The van der Waals surface area contributed by atoms with Gasteiger partial charge in [0.25, 0.3) is 0 Å². The maximum atomic E-state index is 8.94. The Kier molecular flexibility index (Phi) is 2.20. The average molecular weight is 179 g/mol. The molecule has 1 atom stereocenters. The predicted molar refractivity (Wildman–Crippen MR) is 49.4 cm³/mol. The van der Waals surface area contributed by atoms with Crippen molar-refractivity contribution in [1.29, 1.82) is 0 Å². The first-order chi connectivity index (χ1) is 6.31. The van der Waals surface area contributed by atoms with Crippen molar-refractivity contribution in [2.75, 3.05) is 6.61 Å². The summed E-state index contributed by atoms with van der Waals surface area (Å²) in [6.45, 7) is 0.743. The van der Waals surface area contributed by atoms with Gasteiger partial charge in [0.05, 0.1) is 13.2 Å². The minimum Gasteiger partial charge on any atom is -0.493 e. The molecule has 0 bridgehead atoms. The molecular weight excluding hydrogens is 166 g/mol. The molecule has 0 spiro atoms. The number of hydrogen-bond acceptors (Lipinski definition) is 3. The fourth-order valence-corrected chi connectivity index (χ4v) is 1.57. The normalized spacial score (nSPS) is 20.6. The topological polar surface area (TPSA) is 55.5 Å². The number of nitrogens with two attached hydrogens (primary N) is 1. The van der Waals surface area contributed by atoms with E-state index in [1.165, 1.54) is 0 Å². The lowest BCUT2D eigenvalue weighted by Gasteiger charge is -2.23. The zero-order chi connectivity index (χ0) is 9.26. The molecule has 0 aliphatic carbocycles. The van der Waals surface area contributed by atoms with Crippen molar-refractivity contribution in [3.8, 4) is 5.75 Å². The minimum absolute atomic E-state index is 0.0512. The van der Waals surface area contributed by atoms with Crippen LogP contribution in [0.4, 0.5) is 0 Å². The van der Waals surface area contributed by atoms with Crippen LogP contribution in [0.2, 0.25) is 0 Å². The lowest BCUT2D eigenvalue weighted by atomic mass is 9.99. The predicted octanol–water partition coefficient (Wildman–Crippen LogP) is 0.961. The van der Waals surface area contributed by atoms with Crippen LogP contribution in [-0.4, -0.2) is 11.7 Å². The highest BCUT2D eigenvalue weighted by Crippen LogP contribution is 2.30. The van der Waals surface area contributed by atoms with Gasteiger partial charge in [-0.05, 0) is 17.7 Å². The summed E-state index contributed by atoms with van der Waals surface area (Å²) in [7, 11) is 0. The molecule has 3 nitrogen and oxygen atoms in total. The lowest BCUT2D eigenvalue weighted by molar-refractivity contribution is 0.265. The average Bonchev–Trinajstić information content (AvgIpc) is 2.18. The van der Waals surface area contributed by atoms with E-state index in [-0.39, 0.29) is 12.6 Å². The summed E-state index contributed by atoms with van der Waals surface area (Å²) in [5, 5.41) is 8.94. The Morgan fingerprint density at radius 3 is 3.15 bits per heavy atom. The minimum atomic E-state index is 0.0512. The summed E-state index contributed by atoms with van der Waals surface area (Å²) in [5.74, 6) is 0.857. The SMILES string of the molecule is N[C@H]1CCOc2ccc(CO)cc21. The van der Waals surface area contributed by atoms with Crippen LogP contribution in [0.25, 0.3) is 0 Å². The van der Waals surface area contributed by atoms with Crippen LogP contribution in [0.1, 0.15) is 23.6 Å². The van der Waals surface area contributed by atoms with Crippen molar-refractivity contribution in [3.05, 3.63) is 29.3 Å². The van der Waals surface area contributed by atoms with Crippen LogP contribution in [0.3, 0.4) is 0 Å². The molecule has 3 heteroatoms. The van der Waals surface area contributed by atoms with E-state index in [9.17, 15) is 0 Å². The van der Waals surface area contributed by atoms with Crippen molar-refractivity contribution in [3.63, 3.8) is 0 Å². The Balaban J connectivity index is 2.41. The summed E-state index contributed by atoms with van der Waals surface area (Å²) < 4.78 is 5.43. The first-order valence-corrected chi connectivity index (χ1v) is 4.43. The molecule has 1 aromatic carbocycles. The monoisotopic (exact) mass is 179 g/mol. The van der Waals surface area contributed by atoms with Gasteiger partial charge in [-0.2, -0.15) is 0 Å². The molecular formula is C10H13NO2. The Morgan fingerprint density at radius 2 is 2.38 bits per heavy atom. The molecule has 3 N–H and O–H groups in total. The van der Waals surface area contributed by atoms with E-state index in [0.29, 0.717) is 6.61 Å². The van der Waals surface area contributed by atoms with E-state index < -0.39 is 0 Å². The van der Waals surface area contributed by atoms with Crippen molar-refractivity contribution in [2.45, 2.75) is 19.1 Å². The third kappa shape index (κ3) is 1.53. The molecule has 0 aromatic heterocycles. The number of aliphatic hydroxyl groups is 1. The fourth-order valence-electron chi connectivity index (χ4n) is 1.57. The van der Waals surface area contributed by atoms with Crippen LogP contribution in [0, 0.1) is 0 Å². The summed E-state index contributed by atoms with van der Waals surface area (Å²) in [4.78, 5) is 0. The number of rotatable bonds is 1. The molecule has 2 rings (SSSR count). The third-order valence-corrected chi connectivity index (χ3v) is 2.34. The fraction of sp³-hybridized carbons (Fsp3) is 0.400. The molecule has 1 heterocycles. The number of hydrogen-bond donors (Lipinski definition) is 2. The van der Waals surface area contributed by atoms with Gasteiger partial charge in [-0.25, -0.2) is 0 Å². The van der Waals surface area contributed by atoms with Gasteiger partial charge in [0, 0.05) is 18.0 Å². The molecule has 0 fully saturated rings. The number of ether oxygens (including phenoxy) is 1. The highest BCUT2D eigenvalue weighted by atomic mass is 16.5. The van der Waals surface area contributed by atoms with E-state index in [2.05, 4.69) is 0 Å². The highest BCUT2D eigenvalue weighted by Gasteiger charge is 2.17. The molecule has 1 aliphatic heterocycles. The van der Waals surface area contributed by atoms with Gasteiger partial charge < -0.3 is 15.6 Å². The summed E-state index contributed by atoms with van der Waals surface area (Å²) in [6.07, 6.45) is 0.849. The van der Waals surface area contributed by atoms with E-state index in [4.69, 9.17) is 15.6 Å². The summed E-state index contributed by atoms with van der Waals surface area (Å²) >= 11 is 0. The quantitative estimate of drug-likeness (QED) is 0.675. The number of fused-ring (bicyclic) bond motifs is 1. The van der Waals surface area contributed by atoms with Gasteiger partial charge in [0.15, 0.2) is 0 Å². The van der Waals surface area contributed by atoms with Crippen molar-refractivity contribution < 1.29 is 9.84 Å². The molecule has 0 radical (unpaired) electrons. The molecule has 0 unspecified atom stereocenters. The molecule has 0 saturated heterocycles. The molecule has 1 aromatic rings. The van der Waals surface area contributed by atoms with E-state index in [1.54, 1.807) is 0 Å². The van der Waals surface area contributed by atoms with Gasteiger partial charge >= 0.3 is 0 Å². The summed E-state index contributed by atoms with van der Waals surface area (Å²) in [6, 6.07) is 5.70. The van der Waals surface area contributed by atoms with Crippen LogP contribution in [0.5, 0.6) is 5.75 Å². The Morgan fingerprint density at radius 1 is 1.54 bits per heavy atom. The highest BCUT2D eigenvalue weighted by molar-refractivity contribution is 5.40. The van der Waals surface area contributed by atoms with E-state index >= 15 is 0 Å². The van der Waals surface area contributed by atoms with Crippen molar-refractivity contribution in [1.82, 2.24) is 0 Å². The van der Waals surface area contributed by atoms with Gasteiger partial charge in [0.2, 0.25) is 0 Å². The Labute approximate surface area is 77.1 Å². The second-order valence-corrected chi connectivity index (χ2v) is 3.27. The second-order valence-electron chi connectivity index (χ2n) is 3.27. The van der Waals surface area contributed by atoms with Crippen LogP contribution in [0.15, 0.2) is 18.2 Å². The van der Waals surface area contributed by atoms with Crippen LogP contribution < -0.4 is 10.5 Å².